The molecule has 0 saturated carbocycles. The fourth-order valence-corrected chi connectivity index (χ4v) is 4.16. The van der Waals surface area contributed by atoms with Gasteiger partial charge >= 0.3 is 0 Å². The van der Waals surface area contributed by atoms with Crippen molar-refractivity contribution in [2.24, 2.45) is 0 Å². The predicted octanol–water partition coefficient (Wildman–Crippen LogP) is 5.26. The fourth-order valence-electron chi connectivity index (χ4n) is 2.93. The van der Waals surface area contributed by atoms with Gasteiger partial charge in [0.15, 0.2) is 0 Å². The van der Waals surface area contributed by atoms with E-state index in [2.05, 4.69) is 11.3 Å². The minimum absolute atomic E-state index is 0.190. The van der Waals surface area contributed by atoms with Crippen molar-refractivity contribution in [3.05, 3.63) is 108 Å². The third-order valence-corrected chi connectivity index (χ3v) is 6.02. The first-order valence-electron chi connectivity index (χ1n) is 8.93. The molecule has 0 heterocycles. The molecule has 0 aliphatic heterocycles. The second kappa shape index (κ2) is 8.50. The zero-order valence-electron chi connectivity index (χ0n) is 15.6. The molecule has 1 unspecified atom stereocenters. The van der Waals surface area contributed by atoms with Crippen LogP contribution in [0.2, 0.25) is 0 Å². The summed E-state index contributed by atoms with van der Waals surface area (Å²) in [4.78, 5) is 0.190. The van der Waals surface area contributed by atoms with E-state index in [-0.39, 0.29) is 10.7 Å². The molecule has 0 radical (unpaired) electrons. The van der Waals surface area contributed by atoms with Crippen LogP contribution in [0, 0.1) is 12.7 Å². The molecule has 5 heteroatoms. The van der Waals surface area contributed by atoms with Crippen molar-refractivity contribution < 1.29 is 12.8 Å². The third kappa shape index (κ3) is 4.94. The van der Waals surface area contributed by atoms with Crippen LogP contribution in [0.5, 0.6) is 0 Å². The van der Waals surface area contributed by atoms with Gasteiger partial charge < -0.3 is 0 Å². The summed E-state index contributed by atoms with van der Waals surface area (Å²) < 4.78 is 41.9. The second-order valence-corrected chi connectivity index (χ2v) is 8.43. The first kappa shape index (κ1) is 20.0. The van der Waals surface area contributed by atoms with Gasteiger partial charge in [0.2, 0.25) is 10.0 Å². The Morgan fingerprint density at radius 2 is 1.57 bits per heavy atom. The van der Waals surface area contributed by atoms with Crippen LogP contribution in [-0.2, 0) is 10.0 Å². The van der Waals surface area contributed by atoms with E-state index in [0.717, 1.165) is 16.7 Å². The Kier molecular flexibility index (Phi) is 6.07. The molecule has 0 bridgehead atoms. The summed E-state index contributed by atoms with van der Waals surface area (Å²) in [5.74, 6) is -0.370. The molecule has 0 saturated heterocycles. The van der Waals surface area contributed by atoms with Crippen molar-refractivity contribution in [1.29, 1.82) is 0 Å². The van der Waals surface area contributed by atoms with Crippen molar-refractivity contribution >= 4 is 15.6 Å². The highest BCUT2D eigenvalue weighted by atomic mass is 32.2. The summed E-state index contributed by atoms with van der Waals surface area (Å²) in [6.07, 6.45) is 0.362. The fraction of sp³-hybridized carbons (Fsp3) is 0.130. The van der Waals surface area contributed by atoms with Crippen LogP contribution in [0.4, 0.5) is 4.39 Å². The molecule has 0 fully saturated rings. The largest absolute Gasteiger partial charge is 0.241 e. The first-order chi connectivity index (χ1) is 13.3. The van der Waals surface area contributed by atoms with Gasteiger partial charge in [0.25, 0.3) is 0 Å². The van der Waals surface area contributed by atoms with E-state index in [1.807, 2.05) is 37.3 Å². The SMILES string of the molecule is C=C(CC(NS(=O)(=O)c1ccc(C)cc1)c1ccc(F)cc1)c1ccccc1. The summed E-state index contributed by atoms with van der Waals surface area (Å²) in [6.45, 7) is 6.01. The molecule has 0 aromatic heterocycles. The summed E-state index contributed by atoms with van der Waals surface area (Å²) in [6, 6.07) is 21.5. The maximum atomic E-state index is 13.4. The molecular formula is C23H22FNO2S. The van der Waals surface area contributed by atoms with E-state index < -0.39 is 16.1 Å². The molecule has 28 heavy (non-hydrogen) atoms. The van der Waals surface area contributed by atoms with Crippen LogP contribution in [0.3, 0.4) is 0 Å². The van der Waals surface area contributed by atoms with Crippen molar-refractivity contribution in [3.8, 4) is 0 Å². The van der Waals surface area contributed by atoms with E-state index in [9.17, 15) is 12.8 Å². The van der Waals surface area contributed by atoms with Gasteiger partial charge in [0, 0.05) is 0 Å². The molecule has 1 atom stereocenters. The summed E-state index contributed by atoms with van der Waals surface area (Å²) in [5, 5.41) is 0. The van der Waals surface area contributed by atoms with Crippen molar-refractivity contribution in [2.75, 3.05) is 0 Å². The number of rotatable bonds is 7. The van der Waals surface area contributed by atoms with Crippen LogP contribution in [-0.4, -0.2) is 8.42 Å². The number of halogens is 1. The first-order valence-corrected chi connectivity index (χ1v) is 10.4. The van der Waals surface area contributed by atoms with E-state index in [1.54, 1.807) is 36.4 Å². The highest BCUT2D eigenvalue weighted by Gasteiger charge is 2.22. The Hall–Kier alpha value is -2.76. The molecule has 3 aromatic carbocycles. The smallest absolute Gasteiger partial charge is 0.207 e. The molecule has 3 nitrogen and oxygen atoms in total. The van der Waals surface area contributed by atoms with Crippen LogP contribution in [0.1, 0.15) is 29.2 Å². The van der Waals surface area contributed by atoms with Gasteiger partial charge in [-0.1, -0.05) is 66.7 Å². The molecule has 3 aromatic rings. The lowest BCUT2D eigenvalue weighted by molar-refractivity contribution is 0.558. The molecular weight excluding hydrogens is 373 g/mol. The minimum atomic E-state index is -3.75. The molecule has 3 rings (SSSR count). The quantitative estimate of drug-likeness (QED) is 0.593. The molecule has 0 spiro atoms. The molecule has 0 amide bonds. The van der Waals surface area contributed by atoms with E-state index in [0.29, 0.717) is 12.0 Å². The second-order valence-electron chi connectivity index (χ2n) is 6.71. The van der Waals surface area contributed by atoms with Crippen molar-refractivity contribution in [3.63, 3.8) is 0 Å². The number of hydrogen-bond acceptors (Lipinski definition) is 2. The monoisotopic (exact) mass is 395 g/mol. The average molecular weight is 395 g/mol. The zero-order chi connectivity index (χ0) is 20.1. The van der Waals surface area contributed by atoms with Gasteiger partial charge in [-0.3, -0.25) is 0 Å². The predicted molar refractivity (Wildman–Crippen MR) is 111 cm³/mol. The van der Waals surface area contributed by atoms with E-state index >= 15 is 0 Å². The molecule has 0 aliphatic carbocycles. The van der Waals surface area contributed by atoms with Gasteiger partial charge in [-0.15, -0.1) is 0 Å². The molecule has 1 N–H and O–H groups in total. The number of aryl methyl sites for hydroxylation is 1. The zero-order valence-corrected chi connectivity index (χ0v) is 16.4. The molecule has 0 aliphatic rings. The van der Waals surface area contributed by atoms with Crippen LogP contribution < -0.4 is 4.72 Å². The molecule has 144 valence electrons. The average Bonchev–Trinajstić information content (AvgIpc) is 2.69. The van der Waals surface area contributed by atoms with Gasteiger partial charge in [-0.2, -0.15) is 0 Å². The van der Waals surface area contributed by atoms with Gasteiger partial charge in [-0.25, -0.2) is 17.5 Å². The maximum absolute atomic E-state index is 13.4. The summed E-state index contributed by atoms with van der Waals surface area (Å²) >= 11 is 0. The Balaban J connectivity index is 1.90. The van der Waals surface area contributed by atoms with Crippen LogP contribution in [0.25, 0.3) is 5.57 Å². The van der Waals surface area contributed by atoms with Crippen molar-refractivity contribution in [1.82, 2.24) is 4.72 Å². The highest BCUT2D eigenvalue weighted by Crippen LogP contribution is 2.28. The minimum Gasteiger partial charge on any atom is -0.207 e. The third-order valence-electron chi connectivity index (χ3n) is 4.53. The number of benzene rings is 3. The normalized spacial score (nSPS) is 12.5. The van der Waals surface area contributed by atoms with Gasteiger partial charge in [0.1, 0.15) is 5.82 Å². The number of nitrogens with one attached hydrogen (secondary N) is 1. The topological polar surface area (TPSA) is 46.2 Å². The maximum Gasteiger partial charge on any atom is 0.241 e. The van der Waals surface area contributed by atoms with Gasteiger partial charge in [0.05, 0.1) is 10.9 Å². The number of sulfonamides is 1. The Morgan fingerprint density at radius 3 is 2.18 bits per heavy atom. The lowest BCUT2D eigenvalue weighted by Crippen LogP contribution is -2.29. The van der Waals surface area contributed by atoms with Gasteiger partial charge in [-0.05, 0) is 54.3 Å². The van der Waals surface area contributed by atoms with E-state index in [1.165, 1.54) is 12.1 Å². The Labute approximate surface area is 165 Å². The van der Waals surface area contributed by atoms with Crippen LogP contribution in [0.15, 0.2) is 90.3 Å². The Morgan fingerprint density at radius 1 is 0.964 bits per heavy atom. The van der Waals surface area contributed by atoms with Crippen LogP contribution >= 0.6 is 0 Å². The van der Waals surface area contributed by atoms with E-state index in [4.69, 9.17) is 0 Å². The Bertz CT molecular complexity index is 1040. The summed E-state index contributed by atoms with van der Waals surface area (Å²) in [5.41, 5.74) is 3.38. The lowest BCUT2D eigenvalue weighted by atomic mass is 9.96. The highest BCUT2D eigenvalue weighted by molar-refractivity contribution is 7.89. The van der Waals surface area contributed by atoms with Crippen molar-refractivity contribution in [2.45, 2.75) is 24.3 Å². The standard InChI is InChI=1S/C23H22FNO2S/c1-17-8-14-22(15-9-17)28(26,27)25-23(20-10-12-21(24)13-11-20)16-18(2)19-6-4-3-5-7-19/h3-15,23,25H,2,16H2,1H3. The number of hydrogen-bond donors (Lipinski definition) is 1. The lowest BCUT2D eigenvalue weighted by Gasteiger charge is -2.21. The summed E-state index contributed by atoms with van der Waals surface area (Å²) in [7, 11) is -3.75.